The summed E-state index contributed by atoms with van der Waals surface area (Å²) in [5.41, 5.74) is 9.90. The topological polar surface area (TPSA) is 16.4 Å². The zero-order valence-corrected chi connectivity index (χ0v) is 22.7. The molecule has 39 heavy (non-hydrogen) atoms. The molecule has 7 aromatic rings. The molecule has 0 unspecified atom stereocenters. The van der Waals surface area contributed by atoms with Gasteiger partial charge in [0.05, 0.1) is 0 Å². The van der Waals surface area contributed by atoms with Gasteiger partial charge < -0.3 is 9.32 Å². The Morgan fingerprint density at radius 1 is 0.410 bits per heavy atom. The molecule has 7 rings (SSSR count). The van der Waals surface area contributed by atoms with Crippen molar-refractivity contribution in [3.8, 4) is 22.3 Å². The molecule has 0 saturated heterocycles. The molecule has 0 amide bonds. The van der Waals surface area contributed by atoms with Crippen molar-refractivity contribution in [3.05, 3.63) is 150 Å². The van der Waals surface area contributed by atoms with Gasteiger partial charge >= 0.3 is 0 Å². The van der Waals surface area contributed by atoms with Gasteiger partial charge in [0.1, 0.15) is 11.2 Å². The van der Waals surface area contributed by atoms with Crippen LogP contribution in [0.15, 0.2) is 154 Å². The minimum absolute atomic E-state index is 0.898. The maximum absolute atomic E-state index is 6.08. The van der Waals surface area contributed by atoms with Crippen LogP contribution in [-0.2, 0) is 0 Å². The number of furan rings is 1. The molecule has 0 radical (unpaired) electrons. The fourth-order valence-electron chi connectivity index (χ4n) is 5.18. The number of rotatable bonds is 5. The van der Waals surface area contributed by atoms with Crippen LogP contribution in [0.3, 0.4) is 0 Å². The number of halogens is 1. The number of hydrogen-bond acceptors (Lipinski definition) is 2. The molecule has 1 aromatic heterocycles. The Kier molecular flexibility index (Phi) is 5.99. The number of fused-ring (bicyclic) bond motifs is 3. The van der Waals surface area contributed by atoms with E-state index in [0.717, 1.165) is 43.5 Å². The van der Waals surface area contributed by atoms with Crippen molar-refractivity contribution in [1.29, 1.82) is 0 Å². The lowest BCUT2D eigenvalue weighted by Crippen LogP contribution is -2.09. The largest absolute Gasteiger partial charge is 0.456 e. The van der Waals surface area contributed by atoms with E-state index in [-0.39, 0.29) is 0 Å². The lowest BCUT2D eigenvalue weighted by atomic mass is 10.00. The Morgan fingerprint density at radius 3 is 1.56 bits per heavy atom. The Bertz CT molecular complexity index is 1890. The molecule has 0 fully saturated rings. The average Bonchev–Trinajstić information content (AvgIpc) is 3.37. The summed E-state index contributed by atoms with van der Waals surface area (Å²) < 4.78 is 7.17. The van der Waals surface area contributed by atoms with Crippen molar-refractivity contribution in [2.24, 2.45) is 0 Å². The summed E-state index contributed by atoms with van der Waals surface area (Å²) >= 11 is 3.52. The van der Waals surface area contributed by atoms with E-state index in [0.29, 0.717) is 0 Å². The zero-order valence-electron chi connectivity index (χ0n) is 21.1. The third kappa shape index (κ3) is 4.52. The molecule has 0 aliphatic heterocycles. The Morgan fingerprint density at radius 2 is 0.897 bits per heavy atom. The molecule has 1 heterocycles. The van der Waals surface area contributed by atoms with E-state index in [1.807, 2.05) is 12.1 Å². The van der Waals surface area contributed by atoms with E-state index >= 15 is 0 Å². The SMILES string of the molecule is Brc1ccc(-c2ccc(-c3ccc(N(c4ccccc4)c4ccc5oc6ccccc6c5c4)cc3)cc2)cc1. The van der Waals surface area contributed by atoms with Crippen molar-refractivity contribution in [1.82, 2.24) is 0 Å². The second-order valence-electron chi connectivity index (χ2n) is 9.58. The summed E-state index contributed by atoms with van der Waals surface area (Å²) in [6.07, 6.45) is 0. The van der Waals surface area contributed by atoms with Gasteiger partial charge in [-0.1, -0.05) is 101 Å². The Balaban J connectivity index is 1.25. The average molecular weight is 566 g/mol. The molecular weight excluding hydrogens is 542 g/mol. The van der Waals surface area contributed by atoms with Gasteiger partial charge in [-0.3, -0.25) is 0 Å². The van der Waals surface area contributed by atoms with Crippen molar-refractivity contribution >= 4 is 54.9 Å². The molecule has 2 nitrogen and oxygen atoms in total. The van der Waals surface area contributed by atoms with Crippen molar-refractivity contribution in [2.75, 3.05) is 4.90 Å². The predicted octanol–water partition coefficient (Wildman–Crippen LogP) is 11.2. The molecule has 6 aromatic carbocycles. The summed E-state index contributed by atoms with van der Waals surface area (Å²) in [7, 11) is 0. The first-order chi connectivity index (χ1) is 19.2. The highest BCUT2D eigenvalue weighted by atomic mass is 79.9. The van der Waals surface area contributed by atoms with E-state index < -0.39 is 0 Å². The van der Waals surface area contributed by atoms with E-state index in [1.54, 1.807) is 0 Å². The summed E-state index contributed by atoms with van der Waals surface area (Å²) in [5.74, 6) is 0. The number of anilines is 3. The number of hydrogen-bond donors (Lipinski definition) is 0. The van der Waals surface area contributed by atoms with Gasteiger partial charge in [-0.15, -0.1) is 0 Å². The number of nitrogens with zero attached hydrogens (tertiary/aromatic N) is 1. The second-order valence-corrected chi connectivity index (χ2v) is 10.5. The van der Waals surface area contributed by atoms with Gasteiger partial charge in [-0.25, -0.2) is 0 Å². The summed E-state index contributed by atoms with van der Waals surface area (Å²) in [4.78, 5) is 2.29. The van der Waals surface area contributed by atoms with Gasteiger partial charge in [-0.05, 0) is 82.9 Å². The maximum Gasteiger partial charge on any atom is 0.135 e. The third-order valence-corrected chi connectivity index (χ3v) is 7.68. The van der Waals surface area contributed by atoms with Crippen LogP contribution in [0.1, 0.15) is 0 Å². The molecule has 0 saturated carbocycles. The third-order valence-electron chi connectivity index (χ3n) is 7.15. The van der Waals surface area contributed by atoms with Gasteiger partial charge in [0.2, 0.25) is 0 Å². The van der Waals surface area contributed by atoms with Crippen LogP contribution in [0.4, 0.5) is 17.1 Å². The van der Waals surface area contributed by atoms with Gasteiger partial charge in [-0.2, -0.15) is 0 Å². The van der Waals surface area contributed by atoms with E-state index in [2.05, 4.69) is 154 Å². The lowest BCUT2D eigenvalue weighted by Gasteiger charge is -2.25. The van der Waals surface area contributed by atoms with E-state index in [9.17, 15) is 0 Å². The first kappa shape index (κ1) is 23.5. The van der Waals surface area contributed by atoms with Crippen LogP contribution in [0, 0.1) is 0 Å². The summed E-state index contributed by atoms with van der Waals surface area (Å²) in [6, 6.07) is 51.1. The molecule has 0 atom stereocenters. The maximum atomic E-state index is 6.08. The van der Waals surface area contributed by atoms with Crippen LogP contribution in [-0.4, -0.2) is 0 Å². The first-order valence-electron chi connectivity index (χ1n) is 13.0. The highest BCUT2D eigenvalue weighted by molar-refractivity contribution is 9.10. The highest BCUT2D eigenvalue weighted by Gasteiger charge is 2.15. The van der Waals surface area contributed by atoms with Crippen LogP contribution in [0.2, 0.25) is 0 Å². The fraction of sp³-hybridized carbons (Fsp3) is 0. The minimum Gasteiger partial charge on any atom is -0.456 e. The monoisotopic (exact) mass is 565 g/mol. The van der Waals surface area contributed by atoms with Crippen LogP contribution < -0.4 is 4.90 Å². The highest BCUT2D eigenvalue weighted by Crippen LogP contribution is 2.39. The molecule has 186 valence electrons. The quantitative estimate of drug-likeness (QED) is 0.206. The van der Waals surface area contributed by atoms with Gasteiger partial charge in [0, 0.05) is 32.3 Å². The van der Waals surface area contributed by atoms with Crippen molar-refractivity contribution in [2.45, 2.75) is 0 Å². The van der Waals surface area contributed by atoms with Crippen molar-refractivity contribution in [3.63, 3.8) is 0 Å². The predicted molar refractivity (Wildman–Crippen MR) is 167 cm³/mol. The van der Waals surface area contributed by atoms with Crippen LogP contribution in [0.25, 0.3) is 44.2 Å². The zero-order chi connectivity index (χ0) is 26.2. The Hall–Kier alpha value is -4.60. The van der Waals surface area contributed by atoms with Gasteiger partial charge in [0.15, 0.2) is 0 Å². The van der Waals surface area contributed by atoms with E-state index in [1.165, 1.54) is 22.3 Å². The summed E-state index contributed by atoms with van der Waals surface area (Å²) in [6.45, 7) is 0. The number of benzene rings is 6. The van der Waals surface area contributed by atoms with E-state index in [4.69, 9.17) is 4.42 Å². The Labute approximate surface area is 235 Å². The molecule has 0 aliphatic carbocycles. The minimum atomic E-state index is 0.898. The smallest absolute Gasteiger partial charge is 0.135 e. The van der Waals surface area contributed by atoms with Crippen molar-refractivity contribution < 1.29 is 4.42 Å². The normalized spacial score (nSPS) is 11.2. The van der Waals surface area contributed by atoms with Crippen LogP contribution in [0.5, 0.6) is 0 Å². The molecule has 0 aliphatic rings. The first-order valence-corrected chi connectivity index (χ1v) is 13.8. The fourth-order valence-corrected chi connectivity index (χ4v) is 5.44. The molecule has 0 bridgehead atoms. The molecule has 3 heteroatoms. The van der Waals surface area contributed by atoms with Crippen LogP contribution >= 0.6 is 15.9 Å². The molecular formula is C36H24BrNO. The van der Waals surface area contributed by atoms with Gasteiger partial charge in [0.25, 0.3) is 0 Å². The lowest BCUT2D eigenvalue weighted by molar-refractivity contribution is 0.669. The molecule has 0 N–H and O–H groups in total. The second kappa shape index (κ2) is 9.94. The number of para-hydroxylation sites is 2. The standard InChI is InChI=1S/C36H24BrNO/c37-29-18-14-27(15-19-29)25-10-12-26(13-11-25)28-16-20-31(21-17-28)38(30-6-2-1-3-7-30)32-22-23-36-34(24-32)33-8-4-5-9-35(33)39-36/h1-24H. The molecule has 0 spiro atoms. The summed E-state index contributed by atoms with van der Waals surface area (Å²) in [5, 5.41) is 2.25.